The number of hydrogen-bond acceptors (Lipinski definition) is 5. The van der Waals surface area contributed by atoms with Crippen LogP contribution < -0.4 is 0 Å². The van der Waals surface area contributed by atoms with Crippen LogP contribution in [0, 0.1) is 0 Å². The molecule has 0 atom stereocenters. The third-order valence-electron chi connectivity index (χ3n) is 3.02. The van der Waals surface area contributed by atoms with E-state index in [4.69, 9.17) is 4.42 Å². The van der Waals surface area contributed by atoms with E-state index in [2.05, 4.69) is 20.2 Å². The summed E-state index contributed by atoms with van der Waals surface area (Å²) in [5, 5.41) is 7.59. The molecule has 0 saturated carbocycles. The molecule has 0 aliphatic carbocycles. The number of benzene rings is 1. The van der Waals surface area contributed by atoms with E-state index < -0.39 is 0 Å². The average Bonchev–Trinajstić information content (AvgIpc) is 3.16. The minimum absolute atomic E-state index is 0.586. The zero-order chi connectivity index (χ0) is 13.4. The van der Waals surface area contributed by atoms with Gasteiger partial charge in [-0.15, -0.1) is 10.2 Å². The third kappa shape index (κ3) is 1.74. The van der Waals surface area contributed by atoms with Crippen molar-refractivity contribution in [3.05, 3.63) is 55.4 Å². The van der Waals surface area contributed by atoms with Crippen LogP contribution in [0.2, 0.25) is 0 Å². The summed E-state index contributed by atoms with van der Waals surface area (Å²) >= 11 is 0. The van der Waals surface area contributed by atoms with Gasteiger partial charge in [-0.05, 0) is 30.3 Å². The summed E-state index contributed by atoms with van der Waals surface area (Å²) in [4.78, 5) is 8.49. The first-order valence-electron chi connectivity index (χ1n) is 6.06. The zero-order valence-electron chi connectivity index (χ0n) is 10.3. The smallest absolute Gasteiger partial charge is 0.227 e. The molecule has 0 unspecified atom stereocenters. The molecule has 0 amide bonds. The van der Waals surface area contributed by atoms with E-state index in [1.165, 1.54) is 0 Å². The summed E-state index contributed by atoms with van der Waals surface area (Å²) in [5.74, 6) is 0.586. The van der Waals surface area contributed by atoms with Crippen LogP contribution in [0.25, 0.3) is 28.2 Å². The second-order valence-corrected chi connectivity index (χ2v) is 4.28. The molecule has 0 aliphatic heterocycles. The standard InChI is InChI=1S/C14H9N5O/c1-2-13-12(7-11(1)19-8-16-17-9-19)18-14(20-13)10-3-5-15-6-4-10/h1-9H. The molecular formula is C14H9N5O. The van der Waals surface area contributed by atoms with Crippen molar-refractivity contribution in [1.29, 1.82) is 0 Å². The molecule has 0 spiro atoms. The highest BCUT2D eigenvalue weighted by Gasteiger charge is 2.09. The van der Waals surface area contributed by atoms with Gasteiger partial charge in [-0.2, -0.15) is 0 Å². The number of hydrogen-bond donors (Lipinski definition) is 0. The Bertz CT molecular complexity index is 852. The lowest BCUT2D eigenvalue weighted by Crippen LogP contribution is -1.88. The predicted octanol–water partition coefficient (Wildman–Crippen LogP) is 2.47. The Kier molecular flexibility index (Phi) is 2.32. The van der Waals surface area contributed by atoms with Gasteiger partial charge in [0.2, 0.25) is 5.89 Å². The minimum Gasteiger partial charge on any atom is -0.436 e. The SMILES string of the molecule is c1cc(-c2nc3cc(-n4cnnc4)ccc3o2)ccn1. The average molecular weight is 263 g/mol. The van der Waals surface area contributed by atoms with Crippen LogP contribution in [0.3, 0.4) is 0 Å². The van der Waals surface area contributed by atoms with Crippen molar-refractivity contribution in [2.75, 3.05) is 0 Å². The number of rotatable bonds is 2. The van der Waals surface area contributed by atoms with Crippen molar-refractivity contribution >= 4 is 11.1 Å². The molecule has 4 rings (SSSR count). The van der Waals surface area contributed by atoms with E-state index in [0.29, 0.717) is 5.89 Å². The molecule has 0 bridgehead atoms. The van der Waals surface area contributed by atoms with E-state index in [-0.39, 0.29) is 0 Å². The van der Waals surface area contributed by atoms with Gasteiger partial charge >= 0.3 is 0 Å². The monoisotopic (exact) mass is 263 g/mol. The van der Waals surface area contributed by atoms with Gasteiger partial charge in [-0.3, -0.25) is 9.55 Å². The molecule has 96 valence electrons. The van der Waals surface area contributed by atoms with Gasteiger partial charge in [-0.1, -0.05) is 0 Å². The second kappa shape index (κ2) is 4.27. The first-order chi connectivity index (χ1) is 9.90. The van der Waals surface area contributed by atoms with Crippen LogP contribution in [-0.4, -0.2) is 24.7 Å². The van der Waals surface area contributed by atoms with Crippen molar-refractivity contribution in [2.45, 2.75) is 0 Å². The van der Waals surface area contributed by atoms with Gasteiger partial charge < -0.3 is 4.42 Å². The molecule has 0 fully saturated rings. The number of aromatic nitrogens is 5. The van der Waals surface area contributed by atoms with Crippen LogP contribution in [0.15, 0.2) is 59.8 Å². The van der Waals surface area contributed by atoms with E-state index >= 15 is 0 Å². The van der Waals surface area contributed by atoms with Crippen LogP contribution in [0.4, 0.5) is 0 Å². The lowest BCUT2D eigenvalue weighted by atomic mass is 10.3. The first-order valence-corrected chi connectivity index (χ1v) is 6.06. The summed E-state index contributed by atoms with van der Waals surface area (Å²) < 4.78 is 7.57. The fraction of sp³-hybridized carbons (Fsp3) is 0. The third-order valence-corrected chi connectivity index (χ3v) is 3.02. The Balaban J connectivity index is 1.84. The van der Waals surface area contributed by atoms with Crippen LogP contribution in [-0.2, 0) is 0 Å². The molecule has 0 radical (unpaired) electrons. The molecule has 6 heteroatoms. The molecule has 6 nitrogen and oxygen atoms in total. The molecule has 3 aromatic heterocycles. The molecule has 0 saturated heterocycles. The number of nitrogens with zero attached hydrogens (tertiary/aromatic N) is 5. The van der Waals surface area contributed by atoms with Gasteiger partial charge in [0.15, 0.2) is 5.58 Å². The summed E-state index contributed by atoms with van der Waals surface area (Å²) in [7, 11) is 0. The molecule has 0 N–H and O–H groups in total. The predicted molar refractivity (Wildman–Crippen MR) is 72.2 cm³/mol. The topological polar surface area (TPSA) is 69.6 Å². The molecular weight excluding hydrogens is 254 g/mol. The van der Waals surface area contributed by atoms with Crippen molar-refractivity contribution < 1.29 is 4.42 Å². The lowest BCUT2D eigenvalue weighted by molar-refractivity contribution is 0.619. The Morgan fingerprint density at radius 2 is 1.75 bits per heavy atom. The normalized spacial score (nSPS) is 11.0. The van der Waals surface area contributed by atoms with Gasteiger partial charge in [0.05, 0.1) is 5.69 Å². The number of oxazole rings is 1. The maximum atomic E-state index is 5.75. The first kappa shape index (κ1) is 10.9. The quantitative estimate of drug-likeness (QED) is 0.555. The van der Waals surface area contributed by atoms with Gasteiger partial charge in [0.25, 0.3) is 0 Å². The molecule has 20 heavy (non-hydrogen) atoms. The summed E-state index contributed by atoms with van der Waals surface area (Å²) in [6.07, 6.45) is 6.72. The van der Waals surface area contributed by atoms with Crippen molar-refractivity contribution in [2.24, 2.45) is 0 Å². The molecule has 0 aliphatic rings. The van der Waals surface area contributed by atoms with Gasteiger partial charge in [-0.25, -0.2) is 4.98 Å². The fourth-order valence-electron chi connectivity index (χ4n) is 2.03. The number of pyridine rings is 1. The van der Waals surface area contributed by atoms with Gasteiger partial charge in [0.1, 0.15) is 18.2 Å². The Morgan fingerprint density at radius 1 is 0.950 bits per heavy atom. The largest absolute Gasteiger partial charge is 0.436 e. The molecule has 1 aromatic carbocycles. The van der Waals surface area contributed by atoms with Crippen molar-refractivity contribution in [3.63, 3.8) is 0 Å². The fourth-order valence-corrected chi connectivity index (χ4v) is 2.03. The molecule has 4 aromatic rings. The highest BCUT2D eigenvalue weighted by atomic mass is 16.3. The summed E-state index contributed by atoms with van der Waals surface area (Å²) in [6.45, 7) is 0. The number of fused-ring (bicyclic) bond motifs is 1. The Morgan fingerprint density at radius 3 is 2.55 bits per heavy atom. The maximum Gasteiger partial charge on any atom is 0.227 e. The Labute approximate surface area is 113 Å². The maximum absolute atomic E-state index is 5.75. The van der Waals surface area contributed by atoms with Crippen molar-refractivity contribution in [3.8, 4) is 17.1 Å². The van der Waals surface area contributed by atoms with Crippen LogP contribution >= 0.6 is 0 Å². The second-order valence-electron chi connectivity index (χ2n) is 4.28. The van der Waals surface area contributed by atoms with E-state index in [9.17, 15) is 0 Å². The van der Waals surface area contributed by atoms with E-state index in [0.717, 1.165) is 22.4 Å². The van der Waals surface area contributed by atoms with E-state index in [1.54, 1.807) is 25.0 Å². The summed E-state index contributed by atoms with van der Waals surface area (Å²) in [6, 6.07) is 9.50. The van der Waals surface area contributed by atoms with E-state index in [1.807, 2.05) is 34.9 Å². The summed E-state index contributed by atoms with van der Waals surface area (Å²) in [5.41, 5.74) is 3.38. The lowest BCUT2D eigenvalue weighted by Gasteiger charge is -1.98. The highest BCUT2D eigenvalue weighted by Crippen LogP contribution is 2.25. The zero-order valence-corrected chi connectivity index (χ0v) is 10.3. The minimum atomic E-state index is 0.586. The van der Waals surface area contributed by atoms with Crippen LogP contribution in [0.1, 0.15) is 0 Å². The highest BCUT2D eigenvalue weighted by molar-refractivity contribution is 5.78. The van der Waals surface area contributed by atoms with Crippen LogP contribution in [0.5, 0.6) is 0 Å². The Hall–Kier alpha value is -3.02. The van der Waals surface area contributed by atoms with Gasteiger partial charge in [0, 0.05) is 18.0 Å². The van der Waals surface area contributed by atoms with Crippen molar-refractivity contribution in [1.82, 2.24) is 24.7 Å². The molecule has 3 heterocycles.